The number of furan rings is 1. The van der Waals surface area contributed by atoms with Gasteiger partial charge in [0.05, 0.1) is 19.2 Å². The van der Waals surface area contributed by atoms with E-state index in [0.29, 0.717) is 18.7 Å². The third-order valence-corrected chi connectivity index (χ3v) is 2.71. The van der Waals surface area contributed by atoms with Crippen LogP contribution in [0.3, 0.4) is 0 Å². The molecule has 1 aromatic heterocycles. The summed E-state index contributed by atoms with van der Waals surface area (Å²) >= 11 is 0. The topological polar surface area (TPSA) is 82.8 Å². The largest absolute Gasteiger partial charge is 0.481 e. The van der Waals surface area contributed by atoms with Crippen LogP contribution in [0.1, 0.15) is 31.9 Å². The predicted molar refractivity (Wildman–Crippen MR) is 69.7 cm³/mol. The molecule has 106 valence electrons. The van der Waals surface area contributed by atoms with Gasteiger partial charge in [-0.25, -0.2) is 4.79 Å². The molecule has 6 heteroatoms. The van der Waals surface area contributed by atoms with Gasteiger partial charge in [-0.1, -0.05) is 13.3 Å². The molecule has 2 amide bonds. The lowest BCUT2D eigenvalue weighted by atomic mass is 10.1. The third kappa shape index (κ3) is 5.46. The number of nitrogens with one attached hydrogen (secondary N) is 1. The Kier molecular flexibility index (Phi) is 5.92. The van der Waals surface area contributed by atoms with Crippen molar-refractivity contribution in [3.05, 3.63) is 24.2 Å². The van der Waals surface area contributed by atoms with Crippen LogP contribution in [-0.4, -0.2) is 35.1 Å². The van der Waals surface area contributed by atoms with Gasteiger partial charge in [-0.15, -0.1) is 0 Å². The normalized spacial score (nSPS) is 11.9. The average molecular weight is 268 g/mol. The van der Waals surface area contributed by atoms with Crippen molar-refractivity contribution >= 4 is 12.0 Å². The molecular weight excluding hydrogens is 248 g/mol. The maximum atomic E-state index is 11.9. The molecular formula is C13H20N2O4. The first-order chi connectivity index (χ1) is 9.02. The molecule has 0 aliphatic heterocycles. The van der Waals surface area contributed by atoms with E-state index in [-0.39, 0.29) is 18.5 Å². The van der Waals surface area contributed by atoms with E-state index < -0.39 is 5.97 Å². The SMILES string of the molecule is CCCC(CC(=O)O)NC(=O)N(C)Cc1ccco1. The van der Waals surface area contributed by atoms with Crippen molar-refractivity contribution in [3.63, 3.8) is 0 Å². The van der Waals surface area contributed by atoms with Gasteiger partial charge in [0.1, 0.15) is 5.76 Å². The molecule has 0 saturated heterocycles. The van der Waals surface area contributed by atoms with Crippen LogP contribution in [0.5, 0.6) is 0 Å². The Morgan fingerprint density at radius 2 is 2.26 bits per heavy atom. The monoisotopic (exact) mass is 268 g/mol. The van der Waals surface area contributed by atoms with E-state index in [1.54, 1.807) is 25.4 Å². The lowest BCUT2D eigenvalue weighted by Crippen LogP contribution is -2.43. The number of rotatable bonds is 7. The molecule has 1 rings (SSSR count). The minimum absolute atomic E-state index is 0.0613. The fourth-order valence-electron chi connectivity index (χ4n) is 1.78. The number of carbonyl (C=O) groups is 2. The van der Waals surface area contributed by atoms with Crippen molar-refractivity contribution in [2.75, 3.05) is 7.05 Å². The summed E-state index contributed by atoms with van der Waals surface area (Å²) in [6, 6.07) is 2.90. The summed E-state index contributed by atoms with van der Waals surface area (Å²) in [6.07, 6.45) is 2.95. The predicted octanol–water partition coefficient (Wildman–Crippen LogP) is 2.06. The molecule has 1 unspecified atom stereocenters. The van der Waals surface area contributed by atoms with Gasteiger partial charge in [0.2, 0.25) is 0 Å². The molecule has 1 aromatic rings. The molecule has 2 N–H and O–H groups in total. The zero-order valence-corrected chi connectivity index (χ0v) is 11.3. The Balaban J connectivity index is 2.48. The van der Waals surface area contributed by atoms with E-state index in [0.717, 1.165) is 6.42 Å². The van der Waals surface area contributed by atoms with E-state index >= 15 is 0 Å². The second kappa shape index (κ2) is 7.45. The van der Waals surface area contributed by atoms with Gasteiger partial charge in [0.15, 0.2) is 0 Å². The highest BCUT2D eigenvalue weighted by Crippen LogP contribution is 2.06. The lowest BCUT2D eigenvalue weighted by molar-refractivity contribution is -0.137. The molecule has 0 aliphatic carbocycles. The summed E-state index contributed by atoms with van der Waals surface area (Å²) < 4.78 is 5.16. The number of urea groups is 1. The molecule has 0 radical (unpaired) electrons. The number of carboxylic acid groups (broad SMARTS) is 1. The molecule has 6 nitrogen and oxygen atoms in total. The molecule has 0 aliphatic rings. The zero-order chi connectivity index (χ0) is 14.3. The van der Waals surface area contributed by atoms with Gasteiger partial charge in [0.25, 0.3) is 0 Å². The third-order valence-electron chi connectivity index (χ3n) is 2.71. The molecule has 0 bridgehead atoms. The fraction of sp³-hybridized carbons (Fsp3) is 0.538. The van der Waals surface area contributed by atoms with E-state index in [1.165, 1.54) is 4.90 Å². The number of nitrogens with zero attached hydrogens (tertiary/aromatic N) is 1. The molecule has 0 fully saturated rings. The number of hydrogen-bond acceptors (Lipinski definition) is 3. The van der Waals surface area contributed by atoms with E-state index in [1.807, 2.05) is 6.92 Å². The van der Waals surface area contributed by atoms with Gasteiger partial charge in [-0.2, -0.15) is 0 Å². The van der Waals surface area contributed by atoms with Crippen molar-refractivity contribution in [3.8, 4) is 0 Å². The van der Waals surface area contributed by atoms with Crippen LogP contribution in [0.25, 0.3) is 0 Å². The molecule has 19 heavy (non-hydrogen) atoms. The second-order valence-corrected chi connectivity index (χ2v) is 4.47. The smallest absolute Gasteiger partial charge is 0.317 e. The minimum atomic E-state index is -0.910. The molecule has 0 aromatic carbocycles. The summed E-state index contributed by atoms with van der Waals surface area (Å²) in [7, 11) is 1.64. The van der Waals surface area contributed by atoms with Crippen LogP contribution in [0.4, 0.5) is 4.79 Å². The molecule has 1 heterocycles. The van der Waals surface area contributed by atoms with Gasteiger partial charge >= 0.3 is 12.0 Å². The second-order valence-electron chi connectivity index (χ2n) is 4.47. The van der Waals surface area contributed by atoms with Crippen LogP contribution in [0.2, 0.25) is 0 Å². The highest BCUT2D eigenvalue weighted by molar-refractivity contribution is 5.75. The van der Waals surface area contributed by atoms with Crippen molar-refractivity contribution < 1.29 is 19.1 Å². The van der Waals surface area contributed by atoms with Crippen LogP contribution in [0.15, 0.2) is 22.8 Å². The van der Waals surface area contributed by atoms with E-state index in [9.17, 15) is 9.59 Å². The number of aliphatic carboxylic acids is 1. The Bertz CT molecular complexity index is 403. The van der Waals surface area contributed by atoms with Crippen molar-refractivity contribution in [1.29, 1.82) is 0 Å². The van der Waals surface area contributed by atoms with Crippen LogP contribution in [-0.2, 0) is 11.3 Å². The summed E-state index contributed by atoms with van der Waals surface area (Å²) in [5.41, 5.74) is 0. The highest BCUT2D eigenvalue weighted by atomic mass is 16.4. The Morgan fingerprint density at radius 1 is 1.53 bits per heavy atom. The van der Waals surface area contributed by atoms with Gasteiger partial charge in [-0.05, 0) is 18.6 Å². The summed E-state index contributed by atoms with van der Waals surface area (Å²) in [5.74, 6) is -0.227. The maximum Gasteiger partial charge on any atom is 0.317 e. The average Bonchev–Trinajstić information content (AvgIpc) is 2.81. The highest BCUT2D eigenvalue weighted by Gasteiger charge is 2.18. The summed E-state index contributed by atoms with van der Waals surface area (Å²) in [4.78, 5) is 24.1. The summed E-state index contributed by atoms with van der Waals surface area (Å²) in [6.45, 7) is 2.30. The fourth-order valence-corrected chi connectivity index (χ4v) is 1.78. The van der Waals surface area contributed by atoms with Gasteiger partial charge < -0.3 is 19.7 Å². The molecule has 0 saturated carbocycles. The van der Waals surface area contributed by atoms with Gasteiger partial charge in [0, 0.05) is 13.1 Å². The quantitative estimate of drug-likeness (QED) is 0.793. The minimum Gasteiger partial charge on any atom is -0.481 e. The van der Waals surface area contributed by atoms with Crippen LogP contribution >= 0.6 is 0 Å². The van der Waals surface area contributed by atoms with Crippen molar-refractivity contribution in [2.24, 2.45) is 0 Å². The van der Waals surface area contributed by atoms with E-state index in [2.05, 4.69) is 5.32 Å². The molecule has 1 atom stereocenters. The van der Waals surface area contributed by atoms with Crippen LogP contribution < -0.4 is 5.32 Å². The summed E-state index contributed by atoms with van der Waals surface area (Å²) in [5, 5.41) is 11.5. The van der Waals surface area contributed by atoms with Gasteiger partial charge in [-0.3, -0.25) is 4.79 Å². The van der Waals surface area contributed by atoms with E-state index in [4.69, 9.17) is 9.52 Å². The lowest BCUT2D eigenvalue weighted by Gasteiger charge is -2.21. The number of carboxylic acids is 1. The molecule has 0 spiro atoms. The zero-order valence-electron chi connectivity index (χ0n) is 11.3. The van der Waals surface area contributed by atoms with Crippen molar-refractivity contribution in [2.45, 2.75) is 38.8 Å². The Hall–Kier alpha value is -1.98. The Labute approximate surface area is 112 Å². The first-order valence-corrected chi connectivity index (χ1v) is 6.28. The Morgan fingerprint density at radius 3 is 2.79 bits per heavy atom. The first kappa shape index (κ1) is 15.1. The maximum absolute atomic E-state index is 11.9. The number of hydrogen-bond donors (Lipinski definition) is 2. The number of amides is 2. The number of carbonyl (C=O) groups excluding carboxylic acids is 1. The standard InChI is InChI=1S/C13H20N2O4/c1-3-5-10(8-12(16)17)14-13(18)15(2)9-11-6-4-7-19-11/h4,6-7,10H,3,5,8-9H2,1-2H3,(H,14,18)(H,16,17). The van der Waals surface area contributed by atoms with Crippen LogP contribution in [0, 0.1) is 0 Å². The van der Waals surface area contributed by atoms with Crippen molar-refractivity contribution in [1.82, 2.24) is 10.2 Å². The first-order valence-electron chi connectivity index (χ1n) is 6.28.